The lowest BCUT2D eigenvalue weighted by Gasteiger charge is -2.18. The average molecular weight is 423 g/mol. The van der Waals surface area contributed by atoms with Gasteiger partial charge in [0, 0.05) is 26.6 Å². The van der Waals surface area contributed by atoms with Crippen LogP contribution in [0.4, 0.5) is 18.0 Å². The number of hydrogen-bond acceptors (Lipinski definition) is 3. The van der Waals surface area contributed by atoms with E-state index < -0.39 is 12.4 Å². The van der Waals surface area contributed by atoms with E-state index in [1.807, 2.05) is 30.3 Å². The lowest BCUT2D eigenvalue weighted by atomic mass is 10.1. The molecule has 0 aliphatic heterocycles. The Morgan fingerprint density at radius 3 is 2.30 bits per heavy atom. The van der Waals surface area contributed by atoms with Crippen molar-refractivity contribution in [3.8, 4) is 5.75 Å². The van der Waals surface area contributed by atoms with Crippen LogP contribution in [0, 0.1) is 0 Å². The molecule has 3 amide bonds. The maximum Gasteiger partial charge on any atom is 0.573 e. The van der Waals surface area contributed by atoms with Crippen LogP contribution in [0.1, 0.15) is 30.5 Å². The summed E-state index contributed by atoms with van der Waals surface area (Å²) < 4.78 is 40.4. The van der Waals surface area contributed by atoms with E-state index in [-0.39, 0.29) is 30.7 Å². The van der Waals surface area contributed by atoms with Crippen molar-refractivity contribution < 1.29 is 27.5 Å². The Balaban J connectivity index is 1.72. The van der Waals surface area contributed by atoms with Gasteiger partial charge in [0.15, 0.2) is 0 Å². The number of nitrogens with one attached hydrogen (secondary N) is 2. The summed E-state index contributed by atoms with van der Waals surface area (Å²) in [5, 5.41) is 5.42. The maximum absolute atomic E-state index is 12.2. The minimum atomic E-state index is -4.75. The van der Waals surface area contributed by atoms with Gasteiger partial charge in [0.1, 0.15) is 5.75 Å². The molecule has 1 unspecified atom stereocenters. The summed E-state index contributed by atoms with van der Waals surface area (Å²) in [6.45, 7) is 2.32. The third-order valence-corrected chi connectivity index (χ3v) is 4.23. The van der Waals surface area contributed by atoms with Crippen molar-refractivity contribution in [2.75, 3.05) is 13.6 Å². The highest BCUT2D eigenvalue weighted by Crippen LogP contribution is 2.24. The second-order valence-electron chi connectivity index (χ2n) is 6.73. The van der Waals surface area contributed by atoms with Crippen molar-refractivity contribution >= 4 is 11.9 Å². The molecular weight excluding hydrogens is 399 g/mol. The zero-order valence-corrected chi connectivity index (χ0v) is 16.7. The molecule has 0 aromatic heterocycles. The van der Waals surface area contributed by atoms with Crippen LogP contribution in [0.3, 0.4) is 0 Å². The third kappa shape index (κ3) is 8.02. The predicted molar refractivity (Wildman–Crippen MR) is 106 cm³/mol. The number of rotatable bonds is 8. The summed E-state index contributed by atoms with van der Waals surface area (Å²) in [6, 6.07) is 14.1. The first kappa shape index (κ1) is 23.1. The first-order chi connectivity index (χ1) is 14.1. The van der Waals surface area contributed by atoms with E-state index in [9.17, 15) is 22.8 Å². The summed E-state index contributed by atoms with van der Waals surface area (Å²) in [5.41, 5.74) is 1.62. The van der Waals surface area contributed by atoms with E-state index in [0.29, 0.717) is 12.1 Å². The van der Waals surface area contributed by atoms with Crippen molar-refractivity contribution in [2.24, 2.45) is 0 Å². The molecule has 0 bridgehead atoms. The summed E-state index contributed by atoms with van der Waals surface area (Å²) >= 11 is 0. The summed E-state index contributed by atoms with van der Waals surface area (Å²) in [4.78, 5) is 25.7. The lowest BCUT2D eigenvalue weighted by Crippen LogP contribution is -2.39. The molecule has 0 aliphatic carbocycles. The molecule has 6 nitrogen and oxygen atoms in total. The Bertz CT molecular complexity index is 827. The van der Waals surface area contributed by atoms with E-state index in [4.69, 9.17) is 0 Å². The number of ether oxygens (including phenoxy) is 1. The Morgan fingerprint density at radius 2 is 1.70 bits per heavy atom. The molecule has 0 aliphatic rings. The van der Waals surface area contributed by atoms with Gasteiger partial charge in [-0.2, -0.15) is 0 Å². The van der Waals surface area contributed by atoms with Gasteiger partial charge < -0.3 is 20.3 Å². The zero-order valence-electron chi connectivity index (χ0n) is 16.7. The maximum atomic E-state index is 12.2. The van der Waals surface area contributed by atoms with Crippen LogP contribution in [0.25, 0.3) is 0 Å². The minimum Gasteiger partial charge on any atom is -0.406 e. The fraction of sp³-hybridized carbons (Fsp3) is 0.333. The van der Waals surface area contributed by atoms with Gasteiger partial charge in [-0.1, -0.05) is 42.5 Å². The minimum absolute atomic E-state index is 0.0739. The molecular formula is C21H24F3N3O3. The van der Waals surface area contributed by atoms with Crippen LogP contribution in [0.2, 0.25) is 0 Å². The number of carbonyl (C=O) groups is 2. The number of halogens is 3. The smallest absolute Gasteiger partial charge is 0.406 e. The van der Waals surface area contributed by atoms with Crippen molar-refractivity contribution in [1.82, 2.24) is 15.5 Å². The Morgan fingerprint density at radius 1 is 1.07 bits per heavy atom. The number of nitrogens with zero attached hydrogens (tertiary/aromatic N) is 1. The van der Waals surface area contributed by atoms with Gasteiger partial charge >= 0.3 is 12.4 Å². The van der Waals surface area contributed by atoms with Gasteiger partial charge in [0.05, 0.1) is 6.04 Å². The fourth-order valence-corrected chi connectivity index (χ4v) is 2.70. The second kappa shape index (κ2) is 10.5. The van der Waals surface area contributed by atoms with Gasteiger partial charge in [0.2, 0.25) is 5.91 Å². The molecule has 0 spiro atoms. The summed E-state index contributed by atoms with van der Waals surface area (Å²) in [5.74, 6) is -0.615. The molecule has 0 saturated heterocycles. The standard InChI is InChI=1S/C21H24F3N3O3/c1-15(17-8-10-18(11-9-17)30-21(22,23)24)26-19(28)12-13-25-20(29)27(2)14-16-6-4-3-5-7-16/h3-11,15H,12-14H2,1-2H3,(H,25,29)(H,26,28). The molecule has 162 valence electrons. The van der Waals surface area contributed by atoms with E-state index >= 15 is 0 Å². The molecule has 0 radical (unpaired) electrons. The number of carbonyl (C=O) groups excluding carboxylic acids is 2. The average Bonchev–Trinajstić information content (AvgIpc) is 2.67. The normalized spacial score (nSPS) is 12.0. The molecule has 2 N–H and O–H groups in total. The van der Waals surface area contributed by atoms with E-state index in [1.54, 1.807) is 14.0 Å². The highest BCUT2D eigenvalue weighted by molar-refractivity contribution is 5.78. The van der Waals surface area contributed by atoms with Crippen molar-refractivity contribution in [3.05, 3.63) is 65.7 Å². The van der Waals surface area contributed by atoms with Crippen molar-refractivity contribution in [1.29, 1.82) is 0 Å². The number of amides is 3. The second-order valence-corrected chi connectivity index (χ2v) is 6.73. The van der Waals surface area contributed by atoms with Gasteiger partial charge in [-0.25, -0.2) is 4.79 Å². The molecule has 0 saturated carbocycles. The SMILES string of the molecule is CC(NC(=O)CCNC(=O)N(C)Cc1ccccc1)c1ccc(OC(F)(F)F)cc1. The van der Waals surface area contributed by atoms with Crippen molar-refractivity contribution in [3.63, 3.8) is 0 Å². The van der Waals surface area contributed by atoms with Crippen LogP contribution in [0.5, 0.6) is 5.75 Å². The first-order valence-corrected chi connectivity index (χ1v) is 9.32. The van der Waals surface area contributed by atoms with E-state index in [2.05, 4.69) is 15.4 Å². The topological polar surface area (TPSA) is 70.7 Å². The monoisotopic (exact) mass is 423 g/mol. The highest BCUT2D eigenvalue weighted by Gasteiger charge is 2.31. The Hall–Kier alpha value is -3.23. The van der Waals surface area contributed by atoms with Crippen LogP contribution < -0.4 is 15.4 Å². The molecule has 2 aromatic carbocycles. The molecule has 1 atom stereocenters. The number of benzene rings is 2. The molecule has 0 fully saturated rings. The Labute approximate surface area is 173 Å². The third-order valence-electron chi connectivity index (χ3n) is 4.23. The molecule has 30 heavy (non-hydrogen) atoms. The first-order valence-electron chi connectivity index (χ1n) is 9.32. The molecule has 0 heterocycles. The largest absolute Gasteiger partial charge is 0.573 e. The van der Waals surface area contributed by atoms with Gasteiger partial charge in [-0.15, -0.1) is 13.2 Å². The molecule has 2 aromatic rings. The highest BCUT2D eigenvalue weighted by atomic mass is 19.4. The van der Waals surface area contributed by atoms with Crippen molar-refractivity contribution in [2.45, 2.75) is 32.3 Å². The van der Waals surface area contributed by atoms with Gasteiger partial charge in [-0.05, 0) is 30.2 Å². The number of alkyl halides is 3. The lowest BCUT2D eigenvalue weighted by molar-refractivity contribution is -0.274. The molecule has 9 heteroatoms. The van der Waals surface area contributed by atoms with E-state index in [0.717, 1.165) is 5.56 Å². The van der Waals surface area contributed by atoms with Crippen LogP contribution in [0.15, 0.2) is 54.6 Å². The summed E-state index contributed by atoms with van der Waals surface area (Å²) in [7, 11) is 1.66. The van der Waals surface area contributed by atoms with Crippen LogP contribution in [-0.4, -0.2) is 36.8 Å². The quantitative estimate of drug-likeness (QED) is 0.675. The number of urea groups is 1. The predicted octanol–water partition coefficient (Wildman–Crippen LogP) is 3.99. The van der Waals surface area contributed by atoms with Gasteiger partial charge in [0.25, 0.3) is 0 Å². The molecule has 2 rings (SSSR count). The van der Waals surface area contributed by atoms with E-state index in [1.165, 1.54) is 29.2 Å². The zero-order chi connectivity index (χ0) is 22.1. The van der Waals surface area contributed by atoms with Crippen LogP contribution >= 0.6 is 0 Å². The van der Waals surface area contributed by atoms with Crippen LogP contribution in [-0.2, 0) is 11.3 Å². The Kier molecular flexibility index (Phi) is 8.08. The number of hydrogen-bond donors (Lipinski definition) is 2. The fourth-order valence-electron chi connectivity index (χ4n) is 2.70. The van der Waals surface area contributed by atoms with Gasteiger partial charge in [-0.3, -0.25) is 4.79 Å². The summed E-state index contributed by atoms with van der Waals surface area (Å²) in [6.07, 6.45) is -4.68.